The minimum Gasteiger partial charge on any atom is -0.344 e. The Balaban J connectivity index is 2.04. The van der Waals surface area contributed by atoms with Crippen molar-refractivity contribution in [3.05, 3.63) is 11.7 Å². The third-order valence-corrected chi connectivity index (χ3v) is 3.00. The van der Waals surface area contributed by atoms with Crippen LogP contribution < -0.4 is 5.32 Å². The molecular formula is C11H17N3O2. The molecule has 1 aromatic rings. The third-order valence-electron chi connectivity index (χ3n) is 3.00. The molecule has 1 N–H and O–H groups in total. The van der Waals surface area contributed by atoms with Crippen LogP contribution in [-0.2, 0) is 10.3 Å². The Labute approximate surface area is 94.6 Å². The number of rotatable bonds is 3. The van der Waals surface area contributed by atoms with Gasteiger partial charge in [-0.1, -0.05) is 11.6 Å². The molecule has 0 bridgehead atoms. The van der Waals surface area contributed by atoms with Gasteiger partial charge in [0, 0.05) is 12.8 Å². The zero-order chi connectivity index (χ0) is 11.8. The first-order valence-electron chi connectivity index (χ1n) is 5.62. The maximum absolute atomic E-state index is 11.8. The fourth-order valence-electron chi connectivity index (χ4n) is 1.69. The molecular weight excluding hydrogens is 206 g/mol. The number of amides is 1. The molecule has 0 unspecified atom stereocenters. The second-order valence-electron chi connectivity index (χ2n) is 4.88. The van der Waals surface area contributed by atoms with Crippen LogP contribution in [0, 0.1) is 12.8 Å². The highest BCUT2D eigenvalue weighted by atomic mass is 16.5. The molecule has 2 rings (SSSR count). The lowest BCUT2D eigenvalue weighted by atomic mass is 9.84. The quantitative estimate of drug-likeness (QED) is 0.843. The second kappa shape index (κ2) is 3.88. The monoisotopic (exact) mass is 223 g/mol. The van der Waals surface area contributed by atoms with Gasteiger partial charge in [0.25, 0.3) is 0 Å². The van der Waals surface area contributed by atoms with Crippen molar-refractivity contribution in [2.45, 2.75) is 45.6 Å². The SMILES string of the molecule is Cc1nc(C(C)(C)NC(=O)C2CCC2)no1. The van der Waals surface area contributed by atoms with Gasteiger partial charge in [-0.3, -0.25) is 4.79 Å². The van der Waals surface area contributed by atoms with E-state index >= 15 is 0 Å². The lowest BCUT2D eigenvalue weighted by molar-refractivity contribution is -0.129. The van der Waals surface area contributed by atoms with E-state index in [9.17, 15) is 4.79 Å². The van der Waals surface area contributed by atoms with Crippen molar-refractivity contribution in [2.75, 3.05) is 0 Å². The van der Waals surface area contributed by atoms with Gasteiger partial charge in [0.05, 0.1) is 5.54 Å². The van der Waals surface area contributed by atoms with Crippen molar-refractivity contribution in [2.24, 2.45) is 5.92 Å². The molecule has 1 aliphatic rings. The lowest BCUT2D eigenvalue weighted by Gasteiger charge is -2.29. The predicted molar refractivity (Wildman–Crippen MR) is 57.5 cm³/mol. The Kier molecular flexibility index (Phi) is 2.69. The Hall–Kier alpha value is -1.39. The Morgan fingerprint density at radius 2 is 2.19 bits per heavy atom. The van der Waals surface area contributed by atoms with E-state index in [0.717, 1.165) is 19.3 Å². The zero-order valence-corrected chi connectivity index (χ0v) is 9.91. The van der Waals surface area contributed by atoms with E-state index in [-0.39, 0.29) is 11.8 Å². The van der Waals surface area contributed by atoms with Crippen LogP contribution in [0.15, 0.2) is 4.52 Å². The molecule has 5 nitrogen and oxygen atoms in total. The van der Waals surface area contributed by atoms with Gasteiger partial charge in [0.2, 0.25) is 11.8 Å². The normalized spacial score (nSPS) is 16.9. The van der Waals surface area contributed by atoms with Crippen LogP contribution in [-0.4, -0.2) is 16.0 Å². The fraction of sp³-hybridized carbons (Fsp3) is 0.727. The molecule has 1 fully saturated rings. The predicted octanol–water partition coefficient (Wildman–Crippen LogP) is 1.53. The number of carbonyl (C=O) groups excluding carboxylic acids is 1. The minimum atomic E-state index is -0.565. The van der Waals surface area contributed by atoms with E-state index in [1.54, 1.807) is 6.92 Å². The van der Waals surface area contributed by atoms with Gasteiger partial charge in [-0.05, 0) is 26.7 Å². The molecule has 5 heteroatoms. The van der Waals surface area contributed by atoms with Gasteiger partial charge in [-0.2, -0.15) is 4.98 Å². The fourth-order valence-corrected chi connectivity index (χ4v) is 1.69. The summed E-state index contributed by atoms with van der Waals surface area (Å²) in [7, 11) is 0. The summed E-state index contributed by atoms with van der Waals surface area (Å²) in [4.78, 5) is 16.0. The summed E-state index contributed by atoms with van der Waals surface area (Å²) >= 11 is 0. The number of carbonyl (C=O) groups is 1. The summed E-state index contributed by atoms with van der Waals surface area (Å²) < 4.78 is 4.92. The number of hydrogen-bond donors (Lipinski definition) is 1. The van der Waals surface area contributed by atoms with Gasteiger partial charge in [-0.25, -0.2) is 0 Å². The van der Waals surface area contributed by atoms with Crippen molar-refractivity contribution in [3.8, 4) is 0 Å². The van der Waals surface area contributed by atoms with Crippen LogP contribution in [0.4, 0.5) is 0 Å². The van der Waals surface area contributed by atoms with Gasteiger partial charge >= 0.3 is 0 Å². The summed E-state index contributed by atoms with van der Waals surface area (Å²) in [6.45, 7) is 5.50. The molecule has 0 aromatic carbocycles. The Morgan fingerprint density at radius 1 is 1.50 bits per heavy atom. The van der Waals surface area contributed by atoms with Crippen LogP contribution in [0.1, 0.15) is 44.8 Å². The van der Waals surface area contributed by atoms with Crippen molar-refractivity contribution in [1.29, 1.82) is 0 Å². The van der Waals surface area contributed by atoms with Gasteiger partial charge in [0.1, 0.15) is 0 Å². The van der Waals surface area contributed by atoms with Gasteiger partial charge < -0.3 is 9.84 Å². The number of aromatic nitrogens is 2. The van der Waals surface area contributed by atoms with Crippen molar-refractivity contribution >= 4 is 5.91 Å². The molecule has 88 valence electrons. The molecule has 0 aliphatic heterocycles. The summed E-state index contributed by atoms with van der Waals surface area (Å²) in [5.74, 6) is 1.31. The Morgan fingerprint density at radius 3 is 2.62 bits per heavy atom. The number of nitrogens with one attached hydrogen (secondary N) is 1. The van der Waals surface area contributed by atoms with Crippen LogP contribution in [0.5, 0.6) is 0 Å². The molecule has 16 heavy (non-hydrogen) atoms. The topological polar surface area (TPSA) is 68.0 Å². The summed E-state index contributed by atoms with van der Waals surface area (Å²) in [6, 6.07) is 0. The van der Waals surface area contributed by atoms with E-state index < -0.39 is 5.54 Å². The maximum atomic E-state index is 11.8. The maximum Gasteiger partial charge on any atom is 0.223 e. The molecule has 0 saturated heterocycles. The van der Waals surface area contributed by atoms with E-state index in [4.69, 9.17) is 4.52 Å². The molecule has 1 aromatic heterocycles. The highest BCUT2D eigenvalue weighted by Gasteiger charge is 2.33. The zero-order valence-electron chi connectivity index (χ0n) is 9.91. The van der Waals surface area contributed by atoms with Gasteiger partial charge in [-0.15, -0.1) is 0 Å². The number of nitrogens with zero attached hydrogens (tertiary/aromatic N) is 2. The first-order valence-corrected chi connectivity index (χ1v) is 5.62. The van der Waals surface area contributed by atoms with Crippen LogP contribution in [0.25, 0.3) is 0 Å². The Bertz CT molecular complexity index is 394. The highest BCUT2D eigenvalue weighted by molar-refractivity contribution is 5.80. The first-order chi connectivity index (χ1) is 7.49. The smallest absolute Gasteiger partial charge is 0.223 e. The lowest BCUT2D eigenvalue weighted by Crippen LogP contribution is -2.46. The molecule has 1 saturated carbocycles. The summed E-state index contributed by atoms with van der Waals surface area (Å²) in [5.41, 5.74) is -0.565. The van der Waals surface area contributed by atoms with Crippen molar-refractivity contribution in [1.82, 2.24) is 15.5 Å². The van der Waals surface area contributed by atoms with Crippen LogP contribution in [0.2, 0.25) is 0 Å². The molecule has 0 atom stereocenters. The largest absolute Gasteiger partial charge is 0.344 e. The van der Waals surface area contributed by atoms with Gasteiger partial charge in [0.15, 0.2) is 5.82 Å². The van der Waals surface area contributed by atoms with Crippen molar-refractivity contribution < 1.29 is 9.32 Å². The van der Waals surface area contributed by atoms with Crippen molar-refractivity contribution in [3.63, 3.8) is 0 Å². The van der Waals surface area contributed by atoms with Crippen LogP contribution >= 0.6 is 0 Å². The second-order valence-corrected chi connectivity index (χ2v) is 4.88. The highest BCUT2D eigenvalue weighted by Crippen LogP contribution is 2.28. The first kappa shape index (κ1) is 11.1. The number of aryl methyl sites for hydroxylation is 1. The summed E-state index contributed by atoms with van der Waals surface area (Å²) in [5, 5.41) is 6.81. The summed E-state index contributed by atoms with van der Waals surface area (Å²) in [6.07, 6.45) is 3.14. The average Bonchev–Trinajstić information content (AvgIpc) is 2.47. The van der Waals surface area contributed by atoms with E-state index in [2.05, 4.69) is 15.5 Å². The van der Waals surface area contributed by atoms with E-state index in [1.807, 2.05) is 13.8 Å². The molecule has 1 amide bonds. The molecule has 1 aliphatic carbocycles. The molecule has 0 spiro atoms. The van der Waals surface area contributed by atoms with E-state index in [1.165, 1.54) is 0 Å². The standard InChI is InChI=1S/C11H17N3O2/c1-7-12-10(14-16-7)11(2,3)13-9(15)8-5-4-6-8/h8H,4-6H2,1-3H3,(H,13,15). The van der Waals surface area contributed by atoms with Crippen LogP contribution in [0.3, 0.4) is 0 Å². The van der Waals surface area contributed by atoms with E-state index in [0.29, 0.717) is 11.7 Å². The molecule has 0 radical (unpaired) electrons. The average molecular weight is 223 g/mol. The molecule has 1 heterocycles. The minimum absolute atomic E-state index is 0.0960. The third kappa shape index (κ3) is 2.08. The number of hydrogen-bond acceptors (Lipinski definition) is 4.